The molecule has 30 heavy (non-hydrogen) atoms. The van der Waals surface area contributed by atoms with Crippen LogP contribution in [0.3, 0.4) is 0 Å². The number of nitrogens with zero attached hydrogens (tertiary/aromatic N) is 3. The van der Waals surface area contributed by atoms with Gasteiger partial charge in [-0.05, 0) is 40.5 Å². The first kappa shape index (κ1) is 19.7. The number of amides is 1. The number of likely N-dealkylation sites (tertiary alicyclic amines) is 1. The molecular formula is C24H20FN3O2. The van der Waals surface area contributed by atoms with Crippen LogP contribution >= 0.6 is 0 Å². The summed E-state index contributed by atoms with van der Waals surface area (Å²) in [5.74, 6) is -0.876. The number of hydrogen-bond donors (Lipinski definition) is 1. The van der Waals surface area contributed by atoms with Gasteiger partial charge in [0.05, 0.1) is 25.1 Å². The summed E-state index contributed by atoms with van der Waals surface area (Å²) in [6, 6.07) is 18.3. The molecule has 3 aromatic rings. The fourth-order valence-corrected chi connectivity index (χ4v) is 4.17. The molecule has 0 radical (unpaired) electrons. The van der Waals surface area contributed by atoms with Crippen molar-refractivity contribution < 1.29 is 14.3 Å². The van der Waals surface area contributed by atoms with Crippen LogP contribution in [0.15, 0.2) is 73.1 Å². The molecule has 0 bridgehead atoms. The van der Waals surface area contributed by atoms with Crippen molar-refractivity contribution in [3.63, 3.8) is 0 Å². The van der Waals surface area contributed by atoms with Gasteiger partial charge in [-0.15, -0.1) is 0 Å². The number of aliphatic hydroxyl groups excluding tert-OH is 1. The van der Waals surface area contributed by atoms with Crippen LogP contribution in [0.4, 0.5) is 4.39 Å². The SMILES string of the molecule is N#C[C@@H]1[C@H](c2ccccc2-c2ccc(F)cc2)[C@H](CO)N1C(=O)Cc1cccnc1. The highest BCUT2D eigenvalue weighted by Gasteiger charge is 2.52. The van der Waals surface area contributed by atoms with Crippen molar-refractivity contribution in [2.75, 3.05) is 6.61 Å². The number of halogens is 1. The van der Waals surface area contributed by atoms with Crippen LogP contribution in [0.5, 0.6) is 0 Å². The van der Waals surface area contributed by atoms with E-state index in [4.69, 9.17) is 0 Å². The number of aromatic nitrogens is 1. The second-order valence-corrected chi connectivity index (χ2v) is 7.28. The second-order valence-electron chi connectivity index (χ2n) is 7.28. The first-order valence-corrected chi connectivity index (χ1v) is 9.69. The van der Waals surface area contributed by atoms with Crippen LogP contribution in [0.1, 0.15) is 17.0 Å². The van der Waals surface area contributed by atoms with Gasteiger partial charge in [0.15, 0.2) is 0 Å². The molecular weight excluding hydrogens is 381 g/mol. The molecule has 4 rings (SSSR count). The zero-order chi connectivity index (χ0) is 21.1. The molecule has 6 heteroatoms. The summed E-state index contributed by atoms with van der Waals surface area (Å²) in [6.07, 6.45) is 3.37. The molecule has 1 aliphatic rings. The standard InChI is InChI=1S/C24H20FN3O2/c25-18-9-7-17(8-10-18)19-5-1-2-6-20(19)24-21(13-26)28(22(24)15-29)23(30)12-16-4-3-11-27-14-16/h1-11,14,21-22,24,29H,12,15H2/t21-,22+,24+/m1/s1. The lowest BCUT2D eigenvalue weighted by Crippen LogP contribution is -2.65. The third-order valence-corrected chi connectivity index (χ3v) is 5.57. The van der Waals surface area contributed by atoms with E-state index in [-0.39, 0.29) is 30.7 Å². The van der Waals surface area contributed by atoms with Crippen LogP contribution in [0.2, 0.25) is 0 Å². The molecule has 1 amide bonds. The molecule has 1 N–H and O–H groups in total. The van der Waals surface area contributed by atoms with Gasteiger partial charge in [0.25, 0.3) is 0 Å². The molecule has 5 nitrogen and oxygen atoms in total. The Labute approximate surface area is 174 Å². The number of aliphatic hydroxyl groups is 1. The Morgan fingerprint density at radius 1 is 1.13 bits per heavy atom. The van der Waals surface area contributed by atoms with Crippen LogP contribution in [-0.4, -0.2) is 39.6 Å². The van der Waals surface area contributed by atoms with E-state index in [1.54, 1.807) is 36.7 Å². The minimum absolute atomic E-state index is 0.120. The molecule has 0 unspecified atom stereocenters. The summed E-state index contributed by atoms with van der Waals surface area (Å²) in [5, 5.41) is 19.9. The highest BCUT2D eigenvalue weighted by molar-refractivity contribution is 5.82. The van der Waals surface area contributed by atoms with E-state index in [0.29, 0.717) is 0 Å². The summed E-state index contributed by atoms with van der Waals surface area (Å²) in [7, 11) is 0. The van der Waals surface area contributed by atoms with Crippen molar-refractivity contribution in [1.82, 2.24) is 9.88 Å². The Kier molecular flexibility index (Phi) is 5.55. The summed E-state index contributed by atoms with van der Waals surface area (Å²) < 4.78 is 13.4. The zero-order valence-electron chi connectivity index (χ0n) is 16.1. The van der Waals surface area contributed by atoms with Gasteiger partial charge in [-0.25, -0.2) is 4.39 Å². The van der Waals surface area contributed by atoms with Gasteiger partial charge in [0.2, 0.25) is 5.91 Å². The Hall–Kier alpha value is -3.56. The van der Waals surface area contributed by atoms with Crippen LogP contribution in [0, 0.1) is 17.1 Å². The monoisotopic (exact) mass is 401 g/mol. The lowest BCUT2D eigenvalue weighted by atomic mass is 9.73. The number of carbonyl (C=O) groups excluding carboxylic acids is 1. The molecule has 0 aliphatic carbocycles. The minimum Gasteiger partial charge on any atom is -0.394 e. The van der Waals surface area contributed by atoms with Crippen molar-refractivity contribution in [3.05, 3.63) is 90.0 Å². The molecule has 0 saturated carbocycles. The van der Waals surface area contributed by atoms with E-state index in [9.17, 15) is 19.6 Å². The number of benzene rings is 2. The molecule has 1 aliphatic heterocycles. The van der Waals surface area contributed by atoms with Gasteiger partial charge >= 0.3 is 0 Å². The van der Waals surface area contributed by atoms with Crippen molar-refractivity contribution in [1.29, 1.82) is 5.26 Å². The van der Waals surface area contributed by atoms with Gasteiger partial charge in [0, 0.05) is 18.3 Å². The van der Waals surface area contributed by atoms with Gasteiger partial charge < -0.3 is 10.0 Å². The Morgan fingerprint density at radius 2 is 1.90 bits per heavy atom. The smallest absolute Gasteiger partial charge is 0.228 e. The molecule has 2 heterocycles. The van der Waals surface area contributed by atoms with E-state index in [1.807, 2.05) is 24.3 Å². The Bertz CT molecular complexity index is 1080. The van der Waals surface area contributed by atoms with Crippen molar-refractivity contribution >= 4 is 5.91 Å². The number of pyridine rings is 1. The second kappa shape index (κ2) is 8.44. The van der Waals surface area contributed by atoms with Crippen LogP contribution in [-0.2, 0) is 11.2 Å². The molecule has 2 aromatic carbocycles. The minimum atomic E-state index is -0.687. The van der Waals surface area contributed by atoms with Crippen molar-refractivity contribution in [2.45, 2.75) is 24.4 Å². The van der Waals surface area contributed by atoms with Gasteiger partial charge in [-0.3, -0.25) is 9.78 Å². The lowest BCUT2D eigenvalue weighted by molar-refractivity contribution is -0.146. The van der Waals surface area contributed by atoms with Crippen LogP contribution in [0.25, 0.3) is 11.1 Å². The van der Waals surface area contributed by atoms with Gasteiger partial charge in [-0.1, -0.05) is 42.5 Å². The average Bonchev–Trinajstić information content (AvgIpc) is 2.75. The van der Waals surface area contributed by atoms with E-state index < -0.39 is 12.1 Å². The lowest BCUT2D eigenvalue weighted by Gasteiger charge is -2.52. The molecule has 3 atom stereocenters. The van der Waals surface area contributed by atoms with E-state index in [1.165, 1.54) is 17.0 Å². The first-order chi connectivity index (χ1) is 14.6. The predicted molar refractivity (Wildman–Crippen MR) is 110 cm³/mol. The highest BCUT2D eigenvalue weighted by atomic mass is 19.1. The molecule has 1 aromatic heterocycles. The van der Waals surface area contributed by atoms with Crippen molar-refractivity contribution in [3.8, 4) is 17.2 Å². The molecule has 1 fully saturated rings. The topological polar surface area (TPSA) is 77.2 Å². The third-order valence-electron chi connectivity index (χ3n) is 5.57. The number of rotatable bonds is 5. The summed E-state index contributed by atoms with van der Waals surface area (Å²) in [6.45, 7) is -0.251. The van der Waals surface area contributed by atoms with Crippen LogP contribution < -0.4 is 0 Å². The third kappa shape index (κ3) is 3.56. The van der Waals surface area contributed by atoms with E-state index in [0.717, 1.165) is 22.3 Å². The molecule has 0 spiro atoms. The fourth-order valence-electron chi connectivity index (χ4n) is 4.17. The van der Waals surface area contributed by atoms with Crippen molar-refractivity contribution in [2.24, 2.45) is 0 Å². The summed E-state index contributed by atoms with van der Waals surface area (Å²) >= 11 is 0. The average molecular weight is 401 g/mol. The zero-order valence-corrected chi connectivity index (χ0v) is 16.1. The van der Waals surface area contributed by atoms with E-state index >= 15 is 0 Å². The maximum atomic E-state index is 13.4. The highest BCUT2D eigenvalue weighted by Crippen LogP contribution is 2.44. The van der Waals surface area contributed by atoms with Gasteiger partial charge in [-0.2, -0.15) is 5.26 Å². The Balaban J connectivity index is 1.65. The molecule has 1 saturated heterocycles. The normalized spacial score (nSPS) is 20.3. The maximum Gasteiger partial charge on any atom is 0.228 e. The number of carbonyl (C=O) groups is 1. The Morgan fingerprint density at radius 3 is 2.57 bits per heavy atom. The largest absolute Gasteiger partial charge is 0.394 e. The molecule has 150 valence electrons. The predicted octanol–water partition coefficient (Wildman–Crippen LogP) is 3.31. The number of hydrogen-bond acceptors (Lipinski definition) is 4. The number of nitriles is 1. The van der Waals surface area contributed by atoms with Gasteiger partial charge in [0.1, 0.15) is 11.9 Å². The first-order valence-electron chi connectivity index (χ1n) is 9.69. The summed E-state index contributed by atoms with van der Waals surface area (Å²) in [5.41, 5.74) is 3.30. The quantitative estimate of drug-likeness (QED) is 0.712. The van der Waals surface area contributed by atoms with E-state index in [2.05, 4.69) is 11.1 Å². The summed E-state index contributed by atoms with van der Waals surface area (Å²) in [4.78, 5) is 18.4. The maximum absolute atomic E-state index is 13.4. The fraction of sp³-hybridized carbons (Fsp3) is 0.208.